The van der Waals surface area contributed by atoms with Crippen LogP contribution in [-0.4, -0.2) is 23.6 Å². The summed E-state index contributed by atoms with van der Waals surface area (Å²) < 4.78 is 10.6. The van der Waals surface area contributed by atoms with Crippen LogP contribution < -0.4 is 14.8 Å². The van der Waals surface area contributed by atoms with Gasteiger partial charge >= 0.3 is 6.03 Å². The Morgan fingerprint density at radius 1 is 1.04 bits per heavy atom. The molecule has 1 atom stereocenters. The molecule has 0 radical (unpaired) electrons. The van der Waals surface area contributed by atoms with Crippen molar-refractivity contribution in [2.75, 3.05) is 6.79 Å². The maximum Gasteiger partial charge on any atom is 0.325 e. The Hall–Kier alpha value is -3.02. The van der Waals surface area contributed by atoms with E-state index >= 15 is 0 Å². The summed E-state index contributed by atoms with van der Waals surface area (Å²) in [5.41, 5.74) is 1.59. The summed E-state index contributed by atoms with van der Waals surface area (Å²) >= 11 is 0. The zero-order valence-electron chi connectivity index (χ0n) is 12.2. The van der Waals surface area contributed by atoms with E-state index in [0.717, 1.165) is 5.56 Å². The zero-order chi connectivity index (χ0) is 15.8. The van der Waals surface area contributed by atoms with Gasteiger partial charge in [-0.15, -0.1) is 0 Å². The fraction of sp³-hybridized carbons (Fsp3) is 0.176. The lowest BCUT2D eigenvalue weighted by atomic mass is 10.1. The third kappa shape index (κ3) is 2.38. The first kappa shape index (κ1) is 13.6. The fourth-order valence-electron chi connectivity index (χ4n) is 2.75. The van der Waals surface area contributed by atoms with E-state index in [2.05, 4.69) is 5.32 Å². The summed E-state index contributed by atoms with van der Waals surface area (Å²) in [4.78, 5) is 26.0. The first-order valence-electron chi connectivity index (χ1n) is 7.28. The average Bonchev–Trinajstić information content (AvgIpc) is 3.15. The smallest absolute Gasteiger partial charge is 0.325 e. The Balaban J connectivity index is 1.57. The minimum absolute atomic E-state index is 0.171. The third-order valence-electron chi connectivity index (χ3n) is 3.94. The summed E-state index contributed by atoms with van der Waals surface area (Å²) in [5.74, 6) is 0.968. The Morgan fingerprint density at radius 2 is 1.83 bits per heavy atom. The molecule has 2 aromatic carbocycles. The molecule has 4 rings (SSSR count). The number of nitrogens with zero attached hydrogens (tertiary/aromatic N) is 1. The Morgan fingerprint density at radius 3 is 2.65 bits per heavy atom. The molecular weight excluding hydrogens is 296 g/mol. The summed E-state index contributed by atoms with van der Waals surface area (Å²) in [6, 6.07) is 13.6. The second kappa shape index (κ2) is 5.31. The van der Waals surface area contributed by atoms with Gasteiger partial charge in [0.05, 0.1) is 6.54 Å². The second-order valence-corrected chi connectivity index (χ2v) is 5.41. The van der Waals surface area contributed by atoms with Gasteiger partial charge in [0.1, 0.15) is 6.04 Å². The predicted molar refractivity (Wildman–Crippen MR) is 80.8 cm³/mol. The molecule has 6 heteroatoms. The minimum Gasteiger partial charge on any atom is -0.454 e. The van der Waals surface area contributed by atoms with E-state index in [-0.39, 0.29) is 25.3 Å². The number of carbonyl (C=O) groups is 2. The largest absolute Gasteiger partial charge is 0.454 e. The van der Waals surface area contributed by atoms with Crippen LogP contribution in [0.2, 0.25) is 0 Å². The number of fused-ring (bicyclic) bond motifs is 1. The second-order valence-electron chi connectivity index (χ2n) is 5.41. The maximum atomic E-state index is 12.6. The SMILES string of the molecule is O=C1NC(c2ccc3c(c2)OCO3)C(=O)N1Cc1ccccc1. The van der Waals surface area contributed by atoms with Gasteiger partial charge in [0, 0.05) is 0 Å². The van der Waals surface area contributed by atoms with Crippen LogP contribution in [0.5, 0.6) is 11.5 Å². The Kier molecular flexibility index (Phi) is 3.15. The lowest BCUT2D eigenvalue weighted by Gasteiger charge is -2.13. The van der Waals surface area contributed by atoms with Crippen LogP contribution in [-0.2, 0) is 11.3 Å². The van der Waals surface area contributed by atoms with Crippen LogP contribution >= 0.6 is 0 Å². The molecule has 3 amide bonds. The van der Waals surface area contributed by atoms with Crippen LogP contribution in [0.3, 0.4) is 0 Å². The lowest BCUT2D eigenvalue weighted by molar-refractivity contribution is -0.128. The molecule has 2 aromatic rings. The molecule has 6 nitrogen and oxygen atoms in total. The molecule has 0 spiro atoms. The van der Waals surface area contributed by atoms with Crippen molar-refractivity contribution >= 4 is 11.9 Å². The number of hydrogen-bond donors (Lipinski definition) is 1. The monoisotopic (exact) mass is 310 g/mol. The van der Waals surface area contributed by atoms with Crippen LogP contribution in [0.4, 0.5) is 4.79 Å². The van der Waals surface area contributed by atoms with Gasteiger partial charge in [-0.1, -0.05) is 36.4 Å². The first-order valence-corrected chi connectivity index (χ1v) is 7.28. The number of rotatable bonds is 3. The molecular formula is C17H14N2O4. The standard InChI is InChI=1S/C17H14N2O4/c20-16-15(12-6-7-13-14(8-12)23-10-22-13)18-17(21)19(16)9-11-4-2-1-3-5-11/h1-8,15H,9-10H2,(H,18,21). The van der Waals surface area contributed by atoms with Crippen molar-refractivity contribution in [1.82, 2.24) is 10.2 Å². The normalized spacial score (nSPS) is 19.1. The van der Waals surface area contributed by atoms with Gasteiger partial charge in [-0.2, -0.15) is 0 Å². The van der Waals surface area contributed by atoms with Crippen LogP contribution in [0, 0.1) is 0 Å². The molecule has 0 saturated carbocycles. The van der Waals surface area contributed by atoms with E-state index in [1.54, 1.807) is 18.2 Å². The molecule has 0 bridgehead atoms. The van der Waals surface area contributed by atoms with Crippen LogP contribution in [0.1, 0.15) is 17.2 Å². The van der Waals surface area contributed by atoms with E-state index in [9.17, 15) is 9.59 Å². The van der Waals surface area contributed by atoms with Crippen LogP contribution in [0.15, 0.2) is 48.5 Å². The van der Waals surface area contributed by atoms with Crippen LogP contribution in [0.25, 0.3) is 0 Å². The summed E-state index contributed by atoms with van der Waals surface area (Å²) in [6.07, 6.45) is 0. The molecule has 1 unspecified atom stereocenters. The predicted octanol–water partition coefficient (Wildman–Crippen LogP) is 2.21. The van der Waals surface area contributed by atoms with E-state index < -0.39 is 6.04 Å². The number of urea groups is 1. The van der Waals surface area contributed by atoms with E-state index in [4.69, 9.17) is 9.47 Å². The van der Waals surface area contributed by atoms with Gasteiger partial charge in [0.25, 0.3) is 5.91 Å². The first-order chi connectivity index (χ1) is 11.2. The van der Waals surface area contributed by atoms with Gasteiger partial charge in [-0.3, -0.25) is 9.69 Å². The highest BCUT2D eigenvalue weighted by molar-refractivity contribution is 6.04. The molecule has 0 aromatic heterocycles. The number of amides is 3. The van der Waals surface area contributed by atoms with E-state index in [1.807, 2.05) is 30.3 Å². The van der Waals surface area contributed by atoms with E-state index in [1.165, 1.54) is 4.90 Å². The number of hydrogen-bond acceptors (Lipinski definition) is 4. The van der Waals surface area contributed by atoms with Crippen molar-refractivity contribution in [3.05, 3.63) is 59.7 Å². The van der Waals surface area contributed by atoms with Gasteiger partial charge < -0.3 is 14.8 Å². The third-order valence-corrected chi connectivity index (χ3v) is 3.94. The van der Waals surface area contributed by atoms with Crippen molar-refractivity contribution in [2.45, 2.75) is 12.6 Å². The Bertz CT molecular complexity index is 775. The highest BCUT2D eigenvalue weighted by Crippen LogP contribution is 2.35. The molecule has 2 aliphatic rings. The van der Waals surface area contributed by atoms with Crippen molar-refractivity contribution in [2.24, 2.45) is 0 Å². The molecule has 2 aliphatic heterocycles. The molecule has 1 fully saturated rings. The highest BCUT2D eigenvalue weighted by atomic mass is 16.7. The van der Waals surface area contributed by atoms with Crippen molar-refractivity contribution in [3.8, 4) is 11.5 Å². The van der Waals surface area contributed by atoms with Crippen molar-refractivity contribution in [1.29, 1.82) is 0 Å². The fourth-order valence-corrected chi connectivity index (χ4v) is 2.75. The lowest BCUT2D eigenvalue weighted by Crippen LogP contribution is -2.30. The van der Waals surface area contributed by atoms with E-state index in [0.29, 0.717) is 17.1 Å². The molecule has 23 heavy (non-hydrogen) atoms. The Labute approximate surface area is 132 Å². The van der Waals surface area contributed by atoms with Crippen molar-refractivity contribution in [3.63, 3.8) is 0 Å². The molecule has 1 saturated heterocycles. The minimum atomic E-state index is -0.694. The molecule has 1 N–H and O–H groups in total. The van der Waals surface area contributed by atoms with Gasteiger partial charge in [0.2, 0.25) is 6.79 Å². The zero-order valence-corrected chi connectivity index (χ0v) is 12.2. The number of carbonyl (C=O) groups excluding carboxylic acids is 2. The van der Waals surface area contributed by atoms with Crippen molar-refractivity contribution < 1.29 is 19.1 Å². The number of nitrogens with one attached hydrogen (secondary N) is 1. The summed E-state index contributed by atoms with van der Waals surface area (Å²) in [7, 11) is 0. The number of imide groups is 1. The summed E-state index contributed by atoms with van der Waals surface area (Å²) in [6.45, 7) is 0.427. The quantitative estimate of drug-likeness (QED) is 0.883. The number of ether oxygens (including phenoxy) is 2. The molecule has 116 valence electrons. The van der Waals surface area contributed by atoms with Gasteiger partial charge in [-0.25, -0.2) is 4.79 Å². The average molecular weight is 310 g/mol. The van der Waals surface area contributed by atoms with Gasteiger partial charge in [-0.05, 0) is 23.3 Å². The molecule has 0 aliphatic carbocycles. The topological polar surface area (TPSA) is 67.9 Å². The maximum absolute atomic E-state index is 12.6. The molecule has 2 heterocycles. The summed E-state index contributed by atoms with van der Waals surface area (Å²) in [5, 5.41) is 2.72. The van der Waals surface area contributed by atoms with Gasteiger partial charge in [0.15, 0.2) is 11.5 Å². The number of benzene rings is 2. The highest BCUT2D eigenvalue weighted by Gasteiger charge is 2.39.